The van der Waals surface area contributed by atoms with Crippen LogP contribution in [0.1, 0.15) is 24.0 Å². The van der Waals surface area contributed by atoms with Crippen molar-refractivity contribution in [2.45, 2.75) is 25.1 Å². The Morgan fingerprint density at radius 2 is 1.76 bits per heavy atom. The van der Waals surface area contributed by atoms with Gasteiger partial charge in [-0.25, -0.2) is 12.7 Å². The number of amides is 1. The molecule has 0 saturated carbocycles. The maximum atomic E-state index is 12.9. The number of carbonyl (C=O) groups excluding carboxylic acids is 1. The van der Waals surface area contributed by atoms with Crippen LogP contribution in [0.3, 0.4) is 0 Å². The van der Waals surface area contributed by atoms with E-state index < -0.39 is 10.0 Å². The van der Waals surface area contributed by atoms with Gasteiger partial charge in [0.05, 0.1) is 11.7 Å². The number of hydrogen-bond acceptors (Lipinski definition) is 3. The molecule has 1 saturated heterocycles. The minimum Gasteiger partial charge on any atom is -0.352 e. The summed E-state index contributed by atoms with van der Waals surface area (Å²) in [6, 6.07) is 12.0. The van der Waals surface area contributed by atoms with Crippen LogP contribution in [0.2, 0.25) is 15.1 Å². The summed E-state index contributed by atoms with van der Waals surface area (Å²) in [5.74, 6) is -0.752. The highest BCUT2D eigenvalue weighted by molar-refractivity contribution is 7.88. The van der Waals surface area contributed by atoms with Gasteiger partial charge in [0.15, 0.2) is 0 Å². The van der Waals surface area contributed by atoms with Crippen molar-refractivity contribution in [1.29, 1.82) is 0 Å². The minimum atomic E-state index is -3.60. The molecule has 1 fully saturated rings. The number of benzene rings is 2. The summed E-state index contributed by atoms with van der Waals surface area (Å²) in [5, 5.41) is 4.28. The monoisotopic (exact) mass is 474 g/mol. The van der Waals surface area contributed by atoms with Crippen LogP contribution in [0.4, 0.5) is 0 Å². The summed E-state index contributed by atoms with van der Waals surface area (Å²) in [5.41, 5.74) is 1.42. The average Bonchev–Trinajstić information content (AvgIpc) is 2.69. The van der Waals surface area contributed by atoms with E-state index in [0.29, 0.717) is 46.6 Å². The Balaban J connectivity index is 1.61. The molecule has 1 amide bonds. The van der Waals surface area contributed by atoms with Crippen molar-refractivity contribution in [1.82, 2.24) is 9.62 Å². The van der Waals surface area contributed by atoms with E-state index in [1.165, 1.54) is 10.4 Å². The first-order valence-electron chi connectivity index (χ1n) is 9.18. The number of rotatable bonds is 6. The van der Waals surface area contributed by atoms with Crippen molar-refractivity contribution in [2.24, 2.45) is 5.92 Å². The molecule has 1 atom stereocenters. The van der Waals surface area contributed by atoms with Crippen LogP contribution in [0.15, 0.2) is 42.5 Å². The fourth-order valence-corrected chi connectivity index (χ4v) is 5.59. The Morgan fingerprint density at radius 3 is 2.45 bits per heavy atom. The Hall–Kier alpha value is -1.31. The van der Waals surface area contributed by atoms with Crippen molar-refractivity contribution in [3.63, 3.8) is 0 Å². The van der Waals surface area contributed by atoms with Gasteiger partial charge in [-0.2, -0.15) is 0 Å². The zero-order valence-electron chi connectivity index (χ0n) is 15.6. The summed E-state index contributed by atoms with van der Waals surface area (Å²) in [4.78, 5) is 12.6. The molecular formula is C20H21Cl3N2O3S. The number of nitrogens with one attached hydrogen (secondary N) is 1. The summed E-state index contributed by atoms with van der Waals surface area (Å²) >= 11 is 17.9. The molecule has 0 bridgehead atoms. The van der Waals surface area contributed by atoms with Crippen LogP contribution in [0.5, 0.6) is 0 Å². The summed E-state index contributed by atoms with van der Waals surface area (Å²) in [7, 11) is -3.60. The topological polar surface area (TPSA) is 66.5 Å². The van der Waals surface area contributed by atoms with E-state index in [4.69, 9.17) is 34.8 Å². The molecule has 5 nitrogen and oxygen atoms in total. The SMILES string of the molecule is O=C(NCc1ccc(Cl)cc1)[C@H]1CCCN(S(=O)(=O)Cc2ccc(Cl)cc2Cl)C1. The Labute approximate surface area is 186 Å². The van der Waals surface area contributed by atoms with Gasteiger partial charge >= 0.3 is 0 Å². The van der Waals surface area contributed by atoms with E-state index in [0.717, 1.165) is 5.56 Å². The molecule has 2 aromatic carbocycles. The first kappa shape index (κ1) is 22.4. The minimum absolute atomic E-state index is 0.149. The second kappa shape index (κ2) is 9.67. The van der Waals surface area contributed by atoms with E-state index in [2.05, 4.69) is 5.32 Å². The van der Waals surface area contributed by atoms with Crippen molar-refractivity contribution in [3.8, 4) is 0 Å². The Morgan fingerprint density at radius 1 is 1.07 bits per heavy atom. The van der Waals surface area contributed by atoms with Crippen LogP contribution in [-0.4, -0.2) is 31.7 Å². The van der Waals surface area contributed by atoms with E-state index >= 15 is 0 Å². The Kier molecular flexibility index (Phi) is 7.46. The van der Waals surface area contributed by atoms with Gasteiger partial charge in [-0.05, 0) is 48.2 Å². The molecule has 0 unspecified atom stereocenters. The highest BCUT2D eigenvalue weighted by Gasteiger charge is 2.32. The third-order valence-electron chi connectivity index (χ3n) is 4.88. The van der Waals surface area contributed by atoms with E-state index in [9.17, 15) is 13.2 Å². The predicted molar refractivity (Wildman–Crippen MR) is 117 cm³/mol. The second-order valence-corrected chi connectivity index (χ2v) is 10.3. The normalized spacial score (nSPS) is 17.8. The van der Waals surface area contributed by atoms with Crippen LogP contribution in [-0.2, 0) is 27.1 Å². The molecule has 1 aliphatic rings. The third-order valence-corrected chi connectivity index (χ3v) is 7.51. The van der Waals surface area contributed by atoms with Gasteiger partial charge in [0.25, 0.3) is 0 Å². The molecule has 29 heavy (non-hydrogen) atoms. The fourth-order valence-electron chi connectivity index (χ4n) is 3.27. The maximum Gasteiger partial charge on any atom is 0.224 e. The maximum absolute atomic E-state index is 12.9. The number of piperidine rings is 1. The average molecular weight is 476 g/mol. The molecule has 9 heteroatoms. The molecule has 3 rings (SSSR count). The van der Waals surface area contributed by atoms with Crippen molar-refractivity contribution in [3.05, 3.63) is 68.7 Å². The lowest BCUT2D eigenvalue weighted by Gasteiger charge is -2.31. The largest absolute Gasteiger partial charge is 0.352 e. The van der Waals surface area contributed by atoms with Gasteiger partial charge in [0.2, 0.25) is 15.9 Å². The molecule has 1 aliphatic heterocycles. The molecule has 0 aliphatic carbocycles. The second-order valence-electron chi connectivity index (χ2n) is 7.03. The lowest BCUT2D eigenvalue weighted by Crippen LogP contribution is -2.45. The quantitative estimate of drug-likeness (QED) is 0.669. The summed E-state index contributed by atoms with van der Waals surface area (Å²) < 4.78 is 27.1. The van der Waals surface area contributed by atoms with Gasteiger partial charge in [-0.15, -0.1) is 0 Å². The number of carbonyl (C=O) groups is 1. The number of nitrogens with zero attached hydrogens (tertiary/aromatic N) is 1. The molecule has 0 aromatic heterocycles. The number of halogens is 3. The zero-order chi connectivity index (χ0) is 21.0. The summed E-state index contributed by atoms with van der Waals surface area (Å²) in [6.45, 7) is 0.939. The van der Waals surface area contributed by atoms with Crippen molar-refractivity contribution in [2.75, 3.05) is 13.1 Å². The lowest BCUT2D eigenvalue weighted by atomic mass is 9.99. The first-order valence-corrected chi connectivity index (χ1v) is 11.9. The molecular weight excluding hydrogens is 455 g/mol. The van der Waals surface area contributed by atoms with Gasteiger partial charge in [-0.1, -0.05) is 53.0 Å². The smallest absolute Gasteiger partial charge is 0.224 e. The highest BCUT2D eigenvalue weighted by Crippen LogP contribution is 2.26. The third kappa shape index (κ3) is 6.09. The van der Waals surface area contributed by atoms with Crippen molar-refractivity contribution >= 4 is 50.7 Å². The first-order chi connectivity index (χ1) is 13.7. The van der Waals surface area contributed by atoms with E-state index in [-0.39, 0.29) is 24.1 Å². The van der Waals surface area contributed by atoms with Gasteiger partial charge < -0.3 is 5.32 Å². The standard InChI is InChI=1S/C20H21Cl3N2O3S/c21-17-6-3-14(4-7-17)11-24-20(26)15-2-1-9-25(12-15)29(27,28)13-16-5-8-18(22)10-19(16)23/h3-8,10,15H,1-2,9,11-13H2,(H,24,26)/t15-/m0/s1. The van der Waals surface area contributed by atoms with Crippen LogP contribution >= 0.6 is 34.8 Å². The molecule has 156 valence electrons. The molecule has 2 aromatic rings. The fraction of sp³-hybridized carbons (Fsp3) is 0.350. The van der Waals surface area contributed by atoms with Crippen LogP contribution in [0, 0.1) is 5.92 Å². The zero-order valence-corrected chi connectivity index (χ0v) is 18.7. The molecule has 0 radical (unpaired) electrons. The van der Waals surface area contributed by atoms with Crippen LogP contribution < -0.4 is 5.32 Å². The molecule has 1 heterocycles. The number of hydrogen-bond donors (Lipinski definition) is 1. The lowest BCUT2D eigenvalue weighted by molar-refractivity contribution is -0.126. The van der Waals surface area contributed by atoms with Gasteiger partial charge in [0, 0.05) is 34.7 Å². The molecule has 1 N–H and O–H groups in total. The van der Waals surface area contributed by atoms with Crippen LogP contribution in [0.25, 0.3) is 0 Å². The van der Waals surface area contributed by atoms with Gasteiger partial charge in [-0.3, -0.25) is 4.79 Å². The summed E-state index contributed by atoms with van der Waals surface area (Å²) in [6.07, 6.45) is 1.28. The number of sulfonamides is 1. The van der Waals surface area contributed by atoms with Gasteiger partial charge in [0.1, 0.15) is 0 Å². The Bertz CT molecular complexity index is 981. The van der Waals surface area contributed by atoms with Crippen molar-refractivity contribution < 1.29 is 13.2 Å². The molecule has 0 spiro atoms. The predicted octanol–water partition coefficient (Wildman–Crippen LogP) is 4.51. The van der Waals surface area contributed by atoms with E-state index in [1.54, 1.807) is 24.3 Å². The highest BCUT2D eigenvalue weighted by atomic mass is 35.5. The van der Waals surface area contributed by atoms with E-state index in [1.807, 2.05) is 12.1 Å².